The number of ether oxygens (including phenoxy) is 1. The number of unbranched alkanes of at least 4 members (excludes halogenated alkanes) is 5. The van der Waals surface area contributed by atoms with Gasteiger partial charge in [0.15, 0.2) is 0 Å². The van der Waals surface area contributed by atoms with Crippen molar-refractivity contribution in [3.63, 3.8) is 0 Å². The van der Waals surface area contributed by atoms with Crippen molar-refractivity contribution < 1.29 is 18.4 Å². The summed E-state index contributed by atoms with van der Waals surface area (Å²) in [4.78, 5) is 11.1. The monoisotopic (exact) mass is 316 g/mol. The van der Waals surface area contributed by atoms with Crippen LogP contribution in [0.4, 0.5) is 0 Å². The number of esters is 1. The van der Waals surface area contributed by atoms with Crippen molar-refractivity contribution in [3.8, 4) is 0 Å². The second-order valence-corrected chi connectivity index (χ2v) is 8.46. The first-order valence-corrected chi connectivity index (χ1v) is 9.52. The first kappa shape index (κ1) is 20.3. The van der Waals surface area contributed by atoms with Crippen LogP contribution in [0, 0.1) is 0 Å². The lowest BCUT2D eigenvalue weighted by Gasteiger charge is -2.18. The van der Waals surface area contributed by atoms with Gasteiger partial charge in [-0.2, -0.15) is 0 Å². The summed E-state index contributed by atoms with van der Waals surface area (Å²) in [6, 6.07) is 0. The van der Waals surface area contributed by atoms with Gasteiger partial charge in [0.25, 0.3) is 0 Å². The van der Waals surface area contributed by atoms with Crippen LogP contribution in [0.3, 0.4) is 0 Å². The Bertz CT molecular complexity index is 290. The molecule has 124 valence electrons. The molecule has 0 N–H and O–H groups in total. The van der Waals surface area contributed by atoms with Gasteiger partial charge in [-0.15, -0.1) is 0 Å². The smallest absolute Gasteiger partial charge is 0.333 e. The van der Waals surface area contributed by atoms with E-state index >= 15 is 0 Å². The molecular weight excluding hydrogens is 284 g/mol. The molecule has 0 fully saturated rings. The molecule has 0 amide bonds. The van der Waals surface area contributed by atoms with Gasteiger partial charge in [-0.05, 0) is 25.3 Å². The van der Waals surface area contributed by atoms with Gasteiger partial charge in [-0.3, -0.25) is 0 Å². The van der Waals surface area contributed by atoms with Gasteiger partial charge in [0, 0.05) is 19.8 Å². The summed E-state index contributed by atoms with van der Waals surface area (Å²) in [5.74, 6) is -0.279. The minimum atomic E-state index is -1.43. The van der Waals surface area contributed by atoms with E-state index in [-0.39, 0.29) is 5.97 Å². The van der Waals surface area contributed by atoms with Crippen molar-refractivity contribution >= 4 is 15.3 Å². The Balaban J connectivity index is 3.37. The zero-order valence-electron chi connectivity index (χ0n) is 14.2. The number of rotatable bonds is 13. The Kier molecular flexibility index (Phi) is 12.6. The first-order valence-electron chi connectivity index (χ1n) is 7.91. The molecule has 0 aromatic heterocycles. The van der Waals surface area contributed by atoms with E-state index in [0.717, 1.165) is 12.8 Å². The van der Waals surface area contributed by atoms with Crippen LogP contribution in [0.2, 0.25) is 5.54 Å². The zero-order valence-corrected chi connectivity index (χ0v) is 15.3. The fraction of sp³-hybridized carbons (Fsp3) is 0.812. The predicted molar refractivity (Wildman–Crippen MR) is 88.7 cm³/mol. The maximum absolute atomic E-state index is 11.1. The SMILES string of the molecule is C=C(C)C(=O)OCCCCCCCCC(C)[SiH](OC)OC. The Morgan fingerprint density at radius 3 is 2.10 bits per heavy atom. The number of hydrogen-bond acceptors (Lipinski definition) is 4. The molecule has 0 aliphatic carbocycles. The third-order valence-corrected chi connectivity index (χ3v) is 5.76. The van der Waals surface area contributed by atoms with E-state index in [9.17, 15) is 4.79 Å². The summed E-state index contributed by atoms with van der Waals surface area (Å²) >= 11 is 0. The van der Waals surface area contributed by atoms with Crippen molar-refractivity contribution in [2.45, 2.75) is 64.3 Å². The molecule has 4 nitrogen and oxygen atoms in total. The molecule has 0 spiro atoms. The van der Waals surface area contributed by atoms with Gasteiger partial charge in [0.2, 0.25) is 0 Å². The van der Waals surface area contributed by atoms with E-state index in [1.54, 1.807) is 21.1 Å². The lowest BCUT2D eigenvalue weighted by atomic mass is 10.1. The predicted octanol–water partition coefficient (Wildman–Crippen LogP) is 3.74. The van der Waals surface area contributed by atoms with Crippen molar-refractivity contribution in [3.05, 3.63) is 12.2 Å². The Hall–Kier alpha value is -0.653. The molecule has 0 bridgehead atoms. The van der Waals surface area contributed by atoms with Gasteiger partial charge in [-0.25, -0.2) is 4.79 Å². The number of carbonyl (C=O) groups excluding carboxylic acids is 1. The molecule has 0 rings (SSSR count). The molecule has 0 aromatic carbocycles. The molecule has 5 heteroatoms. The fourth-order valence-electron chi connectivity index (χ4n) is 2.26. The topological polar surface area (TPSA) is 44.8 Å². The molecule has 0 saturated heterocycles. The quantitative estimate of drug-likeness (QED) is 0.225. The van der Waals surface area contributed by atoms with Crippen LogP contribution in [-0.2, 0) is 18.4 Å². The van der Waals surface area contributed by atoms with Crippen LogP contribution in [0.25, 0.3) is 0 Å². The normalized spacial score (nSPS) is 12.4. The molecule has 1 atom stereocenters. The second kappa shape index (κ2) is 13.0. The summed E-state index contributed by atoms with van der Waals surface area (Å²) in [7, 11) is 2.06. The fourth-order valence-corrected chi connectivity index (χ4v) is 3.89. The molecular formula is C16H32O4Si. The maximum atomic E-state index is 11.1. The van der Waals surface area contributed by atoms with E-state index in [1.165, 1.54) is 32.1 Å². The third-order valence-electron chi connectivity index (χ3n) is 3.56. The van der Waals surface area contributed by atoms with E-state index in [0.29, 0.717) is 17.7 Å². The van der Waals surface area contributed by atoms with Crippen LogP contribution in [0.5, 0.6) is 0 Å². The highest BCUT2D eigenvalue weighted by atomic mass is 28.3. The molecule has 0 aliphatic rings. The maximum Gasteiger partial charge on any atom is 0.333 e. The van der Waals surface area contributed by atoms with Crippen molar-refractivity contribution in [1.82, 2.24) is 0 Å². The summed E-state index contributed by atoms with van der Waals surface area (Å²) in [5.41, 5.74) is 1.04. The zero-order chi connectivity index (χ0) is 16.1. The van der Waals surface area contributed by atoms with E-state index < -0.39 is 9.28 Å². The van der Waals surface area contributed by atoms with Gasteiger partial charge >= 0.3 is 15.3 Å². The summed E-state index contributed by atoms with van der Waals surface area (Å²) in [6.07, 6.45) is 8.19. The van der Waals surface area contributed by atoms with Crippen LogP contribution in [-0.4, -0.2) is 36.1 Å². The summed E-state index contributed by atoms with van der Waals surface area (Å²) < 4.78 is 15.8. The average molecular weight is 317 g/mol. The van der Waals surface area contributed by atoms with Crippen LogP contribution in [0.15, 0.2) is 12.2 Å². The van der Waals surface area contributed by atoms with Gasteiger partial charge < -0.3 is 13.6 Å². The van der Waals surface area contributed by atoms with Gasteiger partial charge in [0.05, 0.1) is 6.61 Å². The van der Waals surface area contributed by atoms with Crippen molar-refractivity contribution in [2.75, 3.05) is 20.8 Å². The lowest BCUT2D eigenvalue weighted by molar-refractivity contribution is -0.139. The minimum Gasteiger partial charge on any atom is -0.462 e. The molecule has 0 saturated carbocycles. The highest BCUT2D eigenvalue weighted by Crippen LogP contribution is 2.20. The van der Waals surface area contributed by atoms with Crippen LogP contribution in [0.1, 0.15) is 58.8 Å². The molecule has 0 heterocycles. The summed E-state index contributed by atoms with van der Waals surface area (Å²) in [6.45, 7) is 7.96. The highest BCUT2D eigenvalue weighted by Gasteiger charge is 2.18. The largest absolute Gasteiger partial charge is 0.462 e. The van der Waals surface area contributed by atoms with Crippen LogP contribution < -0.4 is 0 Å². The Morgan fingerprint density at radius 1 is 1.05 bits per heavy atom. The molecule has 21 heavy (non-hydrogen) atoms. The molecule has 0 radical (unpaired) electrons. The Labute approximate surface area is 131 Å². The molecule has 0 aromatic rings. The minimum absolute atomic E-state index is 0.279. The van der Waals surface area contributed by atoms with Crippen LogP contribution >= 0.6 is 0 Å². The highest BCUT2D eigenvalue weighted by molar-refractivity contribution is 6.46. The van der Waals surface area contributed by atoms with E-state index in [1.807, 2.05) is 0 Å². The number of carbonyl (C=O) groups is 1. The first-order chi connectivity index (χ1) is 10.0. The number of hydrogen-bond donors (Lipinski definition) is 0. The van der Waals surface area contributed by atoms with Crippen molar-refractivity contribution in [1.29, 1.82) is 0 Å². The van der Waals surface area contributed by atoms with Gasteiger partial charge in [0.1, 0.15) is 0 Å². The average Bonchev–Trinajstić information content (AvgIpc) is 2.46. The second-order valence-electron chi connectivity index (χ2n) is 5.64. The molecule has 0 aliphatic heterocycles. The standard InChI is InChI=1S/C16H32O4Si/c1-14(2)16(17)20-13-11-9-7-6-8-10-12-15(3)21(18-4)19-5/h15,21H,1,6-13H2,2-5H3. The lowest BCUT2D eigenvalue weighted by Crippen LogP contribution is -2.24. The Morgan fingerprint density at radius 2 is 1.57 bits per heavy atom. The molecule has 1 unspecified atom stereocenters. The summed E-state index contributed by atoms with van der Waals surface area (Å²) in [5, 5.41) is 0. The van der Waals surface area contributed by atoms with Crippen molar-refractivity contribution in [2.24, 2.45) is 0 Å². The van der Waals surface area contributed by atoms with E-state index in [4.69, 9.17) is 13.6 Å². The third kappa shape index (κ3) is 10.7. The van der Waals surface area contributed by atoms with E-state index in [2.05, 4.69) is 13.5 Å². The van der Waals surface area contributed by atoms with Gasteiger partial charge in [-0.1, -0.05) is 45.6 Å².